The Morgan fingerprint density at radius 2 is 0.496 bits per heavy atom. The van der Waals surface area contributed by atoms with Crippen molar-refractivity contribution in [1.29, 1.82) is 0 Å². The fourth-order valence-electron chi connectivity index (χ4n) is 20.1. The number of halogens is 1. The van der Waals surface area contributed by atoms with Gasteiger partial charge in [0.25, 0.3) is 0 Å². The summed E-state index contributed by atoms with van der Waals surface area (Å²) in [5, 5.41) is 16.9. The molecule has 15 heteroatoms. The highest BCUT2D eigenvalue weighted by molar-refractivity contribution is 9.10. The number of nitrogens with one attached hydrogen (secondary N) is 1. The number of nitrogens with zero attached hydrogens (tertiary/aromatic N) is 13. The van der Waals surface area contributed by atoms with Crippen molar-refractivity contribution in [2.45, 2.75) is 0 Å². The first-order valence-electron chi connectivity index (χ1n) is 44.6. The Balaban J connectivity index is 0.000000116. The van der Waals surface area contributed by atoms with Crippen molar-refractivity contribution in [3.8, 4) is 85.9 Å². The van der Waals surface area contributed by atoms with Gasteiger partial charge < -0.3 is 27.8 Å². The Hall–Kier alpha value is -17.7. The Morgan fingerprint density at radius 1 is 0.188 bits per heavy atom. The van der Waals surface area contributed by atoms with Crippen LogP contribution in [0.5, 0.6) is 0 Å². The molecule has 18 aromatic carbocycles. The lowest BCUT2D eigenvalue weighted by atomic mass is 10.1. The van der Waals surface area contributed by atoms with Gasteiger partial charge in [-0.15, -0.1) is 0 Å². The van der Waals surface area contributed by atoms with Gasteiger partial charge in [-0.3, -0.25) is 9.13 Å². The van der Waals surface area contributed by atoms with Crippen LogP contribution in [-0.2, 0) is 0 Å². The summed E-state index contributed by atoms with van der Waals surface area (Å²) in [5.74, 6) is 3.73. The third-order valence-electron chi connectivity index (χ3n) is 26.1. The van der Waals surface area contributed by atoms with E-state index in [4.69, 9.17) is 29.9 Å². The first-order chi connectivity index (χ1) is 65.9. The lowest BCUT2D eigenvalue weighted by Gasteiger charge is -2.12. The first kappa shape index (κ1) is 76.6. The average molecular weight is 1770 g/mol. The van der Waals surface area contributed by atoms with Crippen LogP contribution in [0.2, 0.25) is 0 Å². The minimum absolute atomic E-state index is 0.574. The van der Waals surface area contributed by atoms with Crippen molar-refractivity contribution in [2.75, 3.05) is 0 Å². The maximum Gasteiger partial charge on any atom is 0.238 e. The Bertz CT molecular complexity index is 9360. The fourth-order valence-corrected chi connectivity index (χ4v) is 20.5. The third-order valence-corrected chi connectivity index (χ3v) is 26.6. The van der Waals surface area contributed by atoms with Crippen LogP contribution >= 0.6 is 15.9 Å². The number of hydrogen-bond acceptors (Lipinski definition) is 6. The zero-order valence-electron chi connectivity index (χ0n) is 71.4. The molecule has 133 heavy (non-hydrogen) atoms. The summed E-state index contributed by atoms with van der Waals surface area (Å²) in [7, 11) is 0. The summed E-state index contributed by atoms with van der Waals surface area (Å²) in [6.07, 6.45) is 4.41. The predicted molar refractivity (Wildman–Crippen MR) is 550 cm³/mol. The molecular weight excluding hydrogens is 1690 g/mol. The summed E-state index contributed by atoms with van der Waals surface area (Å²) in [5.41, 5.74) is 25.5. The average Bonchev–Trinajstić information content (AvgIpc) is 1.56. The lowest BCUT2D eigenvalue weighted by molar-refractivity contribution is 0.953. The molecule has 10 aromatic heterocycles. The molecule has 0 bridgehead atoms. The molecule has 0 saturated carbocycles. The van der Waals surface area contributed by atoms with E-state index in [-0.39, 0.29) is 0 Å². The van der Waals surface area contributed by atoms with E-state index in [1.54, 1.807) is 0 Å². The molecule has 0 atom stereocenters. The summed E-state index contributed by atoms with van der Waals surface area (Å²) in [6, 6.07) is 154. The largest absolute Gasteiger partial charge is 0.354 e. The molecule has 624 valence electrons. The quantitative estimate of drug-likeness (QED) is 0.137. The van der Waals surface area contributed by atoms with Gasteiger partial charge in [0.2, 0.25) is 11.9 Å². The minimum atomic E-state index is 0.574. The van der Waals surface area contributed by atoms with Crippen LogP contribution in [0.4, 0.5) is 0 Å². The van der Waals surface area contributed by atoms with Gasteiger partial charge in [0.1, 0.15) is 0 Å². The maximum absolute atomic E-state index is 5.17. The van der Waals surface area contributed by atoms with Gasteiger partial charge in [0, 0.05) is 148 Å². The molecule has 28 aromatic rings. The van der Waals surface area contributed by atoms with E-state index in [1.807, 2.05) is 127 Å². The van der Waals surface area contributed by atoms with Crippen molar-refractivity contribution in [3.05, 3.63) is 454 Å². The van der Waals surface area contributed by atoms with Crippen LogP contribution in [0, 0.1) is 0 Å². The van der Waals surface area contributed by atoms with Crippen LogP contribution in [-0.4, -0.2) is 66.9 Å². The second kappa shape index (κ2) is 31.4. The van der Waals surface area contributed by atoms with Gasteiger partial charge in [-0.2, -0.15) is 19.9 Å². The molecule has 0 spiro atoms. The van der Waals surface area contributed by atoms with Gasteiger partial charge in [-0.25, -0.2) is 9.97 Å². The summed E-state index contributed by atoms with van der Waals surface area (Å²) < 4.78 is 17.2. The maximum atomic E-state index is 5.17. The number of rotatable bonds is 11. The van der Waals surface area contributed by atoms with Gasteiger partial charge in [-0.05, 0) is 158 Å². The summed E-state index contributed by atoms with van der Waals surface area (Å²) >= 11 is 3.62. The normalized spacial score (nSPS) is 11.8. The molecule has 0 amide bonds. The molecule has 0 unspecified atom stereocenters. The molecule has 0 aliphatic heterocycles. The molecule has 28 rings (SSSR count). The molecule has 0 aliphatic rings. The van der Waals surface area contributed by atoms with Crippen molar-refractivity contribution in [3.63, 3.8) is 0 Å². The number of aromatic amines is 1. The molecule has 0 aliphatic carbocycles. The highest BCUT2D eigenvalue weighted by Crippen LogP contribution is 2.44. The molecule has 0 saturated heterocycles. The number of aromatic nitrogens is 14. The molecule has 1 N–H and O–H groups in total. The second-order valence-corrected chi connectivity index (χ2v) is 34.5. The van der Waals surface area contributed by atoms with Crippen molar-refractivity contribution >= 4 is 169 Å². The van der Waals surface area contributed by atoms with Gasteiger partial charge in [0.05, 0.1) is 71.7 Å². The van der Waals surface area contributed by atoms with Crippen molar-refractivity contribution in [1.82, 2.24) is 66.9 Å². The SMILES string of the molecule is Brc1ccc2c(c1)c1ccccc1n2-c1nc(-c2ccccc2)nc(-c2ccccc2)n1.c1ccc(-c2nc(-c3ccccc3)nc(-n3c4ccccc4c4cc(-n5c6ccccc6c6ccc7c(ccn7-c7ccc8c(c7)c7ccccc7n8-c7ccccc7)c65)ccc43)n2)cc1.c1ccc(-n2c3ccccc3c3cc(-n4ccc5c6[nH]c7ccccc7c6ccc54)ccc32)cc1. The van der Waals surface area contributed by atoms with E-state index < -0.39 is 0 Å². The molecule has 0 radical (unpaired) electrons. The smallest absolute Gasteiger partial charge is 0.238 e. The number of benzene rings is 18. The van der Waals surface area contributed by atoms with E-state index >= 15 is 0 Å². The zero-order chi connectivity index (χ0) is 87.7. The number of para-hydroxylation sites is 8. The van der Waals surface area contributed by atoms with E-state index in [2.05, 4.69) is 375 Å². The monoisotopic (exact) mass is 1770 g/mol. The molecular formula is C118H75BrN14. The van der Waals surface area contributed by atoms with E-state index in [1.165, 1.54) is 109 Å². The summed E-state index contributed by atoms with van der Waals surface area (Å²) in [6.45, 7) is 0. The van der Waals surface area contributed by atoms with E-state index in [0.29, 0.717) is 35.2 Å². The Labute approximate surface area is 769 Å². The second-order valence-electron chi connectivity index (χ2n) is 33.6. The molecule has 0 fully saturated rings. The number of fused-ring (bicyclic) bond motifs is 22. The van der Waals surface area contributed by atoms with Crippen LogP contribution in [0.25, 0.3) is 239 Å². The topological polar surface area (TPSA) is 128 Å². The van der Waals surface area contributed by atoms with Gasteiger partial charge in [0.15, 0.2) is 23.3 Å². The zero-order valence-corrected chi connectivity index (χ0v) is 73.0. The predicted octanol–water partition coefficient (Wildman–Crippen LogP) is 29.9. The van der Waals surface area contributed by atoms with Crippen LogP contribution in [0.3, 0.4) is 0 Å². The standard InChI is InChI=1S/C59H37N7.C32H21N3.C27H17BrN4/c1-4-16-38(17-5-1)57-60-58(39-18-6-2-7-19-39)62-59(61-57)66-53-27-15-12-24-45(53)49-37-42(29-32-55(49)66)65-52-26-14-10-22-43(52)46-30-33-50-47(56(46)65)34-35-63(50)41-28-31-54-48(36-41)44-23-11-13-25-51(44)64(54)40-20-8-3-9-21-40;1-2-8-21(9-3-1)35-30-13-7-5-11-24(30)27-20-22(14-16-31(27)35)34-19-18-26-29(34)17-15-25-23-10-4-6-12-28(23)33-32(25)26;28-20-15-16-24-22(17-20)21-13-7-8-14-23(21)32(24)27-30-25(18-9-3-1-4-10-18)29-26(31-27)19-11-5-2-6-12-19/h1-37H;1-20,33H;1-17H. The van der Waals surface area contributed by atoms with Gasteiger partial charge >= 0.3 is 0 Å². The minimum Gasteiger partial charge on any atom is -0.354 e. The van der Waals surface area contributed by atoms with Crippen molar-refractivity contribution < 1.29 is 0 Å². The van der Waals surface area contributed by atoms with Crippen LogP contribution in [0.15, 0.2) is 454 Å². The van der Waals surface area contributed by atoms with E-state index in [9.17, 15) is 0 Å². The molecule has 10 heterocycles. The lowest BCUT2D eigenvalue weighted by Crippen LogP contribution is -2.06. The van der Waals surface area contributed by atoms with Crippen LogP contribution < -0.4 is 0 Å². The van der Waals surface area contributed by atoms with Crippen LogP contribution in [0.1, 0.15) is 0 Å². The number of hydrogen-bond donors (Lipinski definition) is 1. The Kier molecular flexibility index (Phi) is 18.1. The van der Waals surface area contributed by atoms with Crippen molar-refractivity contribution in [2.24, 2.45) is 0 Å². The highest BCUT2D eigenvalue weighted by Gasteiger charge is 2.26. The number of H-pyrrole nitrogens is 1. The first-order valence-corrected chi connectivity index (χ1v) is 45.4. The Morgan fingerprint density at radius 3 is 0.940 bits per heavy atom. The fraction of sp³-hybridized carbons (Fsp3) is 0. The summed E-state index contributed by atoms with van der Waals surface area (Å²) in [4.78, 5) is 33.6. The molecule has 14 nitrogen and oxygen atoms in total. The third kappa shape index (κ3) is 12.8. The highest BCUT2D eigenvalue weighted by atomic mass is 79.9. The van der Waals surface area contributed by atoms with Gasteiger partial charge in [-0.1, -0.05) is 295 Å². The van der Waals surface area contributed by atoms with E-state index in [0.717, 1.165) is 98.4 Å².